The van der Waals surface area contributed by atoms with Gasteiger partial charge < -0.3 is 15.3 Å². The lowest BCUT2D eigenvalue weighted by Gasteiger charge is -2.37. The van der Waals surface area contributed by atoms with Crippen LogP contribution in [-0.2, 0) is 0 Å². The van der Waals surface area contributed by atoms with E-state index in [1.165, 1.54) is 51.7 Å². The molecule has 2 rings (SSSR count). The van der Waals surface area contributed by atoms with Gasteiger partial charge in [-0.2, -0.15) is 0 Å². The van der Waals surface area contributed by atoms with Gasteiger partial charge >= 0.3 is 0 Å². The molecule has 112 valence electrons. The molecule has 2 N–H and O–H groups in total. The van der Waals surface area contributed by atoms with Gasteiger partial charge in [-0.3, -0.25) is 4.90 Å². The standard InChI is InChI=1S/C15H31N3O/c1-16-15-6-4-2-3-5-14(15)13-18-9-7-17(8-10-18)11-12-19/h14-16,19H,2-13H2,1H3. The number of β-amino-alcohol motifs (C(OH)–C–C–N with tert-alkyl or cyclic N) is 1. The molecule has 2 fully saturated rings. The first-order valence-electron chi connectivity index (χ1n) is 8.06. The summed E-state index contributed by atoms with van der Waals surface area (Å²) in [5.74, 6) is 0.830. The van der Waals surface area contributed by atoms with Crippen LogP contribution < -0.4 is 5.32 Å². The van der Waals surface area contributed by atoms with Crippen molar-refractivity contribution < 1.29 is 5.11 Å². The van der Waals surface area contributed by atoms with E-state index in [0.717, 1.165) is 31.6 Å². The summed E-state index contributed by atoms with van der Waals surface area (Å²) in [5, 5.41) is 12.5. The molecule has 4 nitrogen and oxygen atoms in total. The van der Waals surface area contributed by atoms with Gasteiger partial charge in [0, 0.05) is 45.3 Å². The van der Waals surface area contributed by atoms with Gasteiger partial charge in [-0.15, -0.1) is 0 Å². The fourth-order valence-corrected chi connectivity index (χ4v) is 3.65. The summed E-state index contributed by atoms with van der Waals surface area (Å²) in [4.78, 5) is 5.01. The Morgan fingerprint density at radius 1 is 1.00 bits per heavy atom. The first kappa shape index (κ1) is 15.2. The maximum atomic E-state index is 8.98. The Balaban J connectivity index is 1.76. The Morgan fingerprint density at radius 2 is 1.68 bits per heavy atom. The number of aliphatic hydroxyl groups excluding tert-OH is 1. The molecule has 1 heterocycles. The summed E-state index contributed by atoms with van der Waals surface area (Å²) in [6, 6.07) is 0.720. The highest BCUT2D eigenvalue weighted by molar-refractivity contribution is 4.82. The lowest BCUT2D eigenvalue weighted by atomic mass is 9.94. The molecule has 0 aromatic heterocycles. The summed E-state index contributed by atoms with van der Waals surface area (Å²) in [5.41, 5.74) is 0. The zero-order valence-electron chi connectivity index (χ0n) is 12.5. The number of aliphatic hydroxyl groups is 1. The van der Waals surface area contributed by atoms with E-state index in [-0.39, 0.29) is 0 Å². The van der Waals surface area contributed by atoms with Crippen LogP contribution in [0.1, 0.15) is 32.1 Å². The summed E-state index contributed by atoms with van der Waals surface area (Å²) in [6.07, 6.45) is 6.96. The van der Waals surface area contributed by atoms with Gasteiger partial charge in [-0.1, -0.05) is 19.3 Å². The summed E-state index contributed by atoms with van der Waals surface area (Å²) in [6.45, 7) is 6.99. The second-order valence-electron chi connectivity index (χ2n) is 6.16. The van der Waals surface area contributed by atoms with E-state index in [4.69, 9.17) is 5.11 Å². The van der Waals surface area contributed by atoms with Crippen molar-refractivity contribution in [2.24, 2.45) is 5.92 Å². The third-order valence-electron chi connectivity index (χ3n) is 4.90. The van der Waals surface area contributed by atoms with E-state index in [9.17, 15) is 0 Å². The first-order valence-corrected chi connectivity index (χ1v) is 8.06. The van der Waals surface area contributed by atoms with Crippen LogP contribution in [0.2, 0.25) is 0 Å². The molecule has 0 bridgehead atoms. The number of hydrogen-bond donors (Lipinski definition) is 2. The average molecular weight is 269 g/mol. The Bertz CT molecular complexity index is 242. The average Bonchev–Trinajstić information content (AvgIpc) is 2.66. The number of piperazine rings is 1. The second-order valence-corrected chi connectivity index (χ2v) is 6.16. The molecule has 0 radical (unpaired) electrons. The molecule has 0 aromatic rings. The first-order chi connectivity index (χ1) is 9.33. The fraction of sp³-hybridized carbons (Fsp3) is 1.00. The fourth-order valence-electron chi connectivity index (χ4n) is 3.65. The molecule has 2 unspecified atom stereocenters. The smallest absolute Gasteiger partial charge is 0.0558 e. The molecule has 4 heteroatoms. The van der Waals surface area contributed by atoms with Crippen LogP contribution in [0.15, 0.2) is 0 Å². The molecule has 0 amide bonds. The molecule has 2 atom stereocenters. The summed E-state index contributed by atoms with van der Waals surface area (Å²) in [7, 11) is 2.13. The minimum Gasteiger partial charge on any atom is -0.395 e. The van der Waals surface area contributed by atoms with Crippen LogP contribution in [0, 0.1) is 5.92 Å². The van der Waals surface area contributed by atoms with E-state index in [1.807, 2.05) is 0 Å². The van der Waals surface area contributed by atoms with Crippen molar-refractivity contribution in [3.8, 4) is 0 Å². The number of rotatable bonds is 5. The highest BCUT2D eigenvalue weighted by atomic mass is 16.3. The van der Waals surface area contributed by atoms with Crippen LogP contribution in [0.25, 0.3) is 0 Å². The monoisotopic (exact) mass is 269 g/mol. The van der Waals surface area contributed by atoms with Crippen molar-refractivity contribution in [3.63, 3.8) is 0 Å². The maximum Gasteiger partial charge on any atom is 0.0558 e. The zero-order valence-corrected chi connectivity index (χ0v) is 12.5. The Hall–Kier alpha value is -0.160. The van der Waals surface area contributed by atoms with Gasteiger partial charge in [-0.05, 0) is 25.8 Å². The number of nitrogens with one attached hydrogen (secondary N) is 1. The second kappa shape index (κ2) is 8.20. The normalized spacial score (nSPS) is 31.3. The zero-order chi connectivity index (χ0) is 13.5. The third-order valence-corrected chi connectivity index (χ3v) is 4.90. The van der Waals surface area contributed by atoms with Crippen molar-refractivity contribution in [1.82, 2.24) is 15.1 Å². The largest absolute Gasteiger partial charge is 0.395 e. The molecule has 19 heavy (non-hydrogen) atoms. The number of hydrogen-bond acceptors (Lipinski definition) is 4. The van der Waals surface area contributed by atoms with E-state index >= 15 is 0 Å². The van der Waals surface area contributed by atoms with E-state index in [2.05, 4.69) is 22.2 Å². The van der Waals surface area contributed by atoms with Gasteiger partial charge in [0.1, 0.15) is 0 Å². The highest BCUT2D eigenvalue weighted by Crippen LogP contribution is 2.24. The van der Waals surface area contributed by atoms with Crippen molar-refractivity contribution >= 4 is 0 Å². The third kappa shape index (κ3) is 4.71. The SMILES string of the molecule is CNC1CCCCCC1CN1CCN(CCO)CC1. The predicted octanol–water partition coefficient (Wildman–Crippen LogP) is 0.765. The molecule has 1 aliphatic carbocycles. The minimum atomic E-state index is 0.296. The van der Waals surface area contributed by atoms with Gasteiger partial charge in [0.25, 0.3) is 0 Å². The molecule has 1 aliphatic heterocycles. The van der Waals surface area contributed by atoms with Crippen LogP contribution in [0.4, 0.5) is 0 Å². The van der Waals surface area contributed by atoms with Crippen LogP contribution >= 0.6 is 0 Å². The highest BCUT2D eigenvalue weighted by Gasteiger charge is 2.26. The van der Waals surface area contributed by atoms with Crippen molar-refractivity contribution in [2.75, 3.05) is 52.9 Å². The Morgan fingerprint density at radius 3 is 2.37 bits per heavy atom. The molecule has 2 aliphatic rings. The lowest BCUT2D eigenvalue weighted by molar-refractivity contribution is 0.0946. The summed E-state index contributed by atoms with van der Waals surface area (Å²) >= 11 is 0. The quantitative estimate of drug-likeness (QED) is 0.723. The van der Waals surface area contributed by atoms with E-state index in [0.29, 0.717) is 6.61 Å². The van der Waals surface area contributed by atoms with Crippen molar-refractivity contribution in [3.05, 3.63) is 0 Å². The maximum absolute atomic E-state index is 8.98. The van der Waals surface area contributed by atoms with Crippen LogP contribution in [0.5, 0.6) is 0 Å². The van der Waals surface area contributed by atoms with E-state index < -0.39 is 0 Å². The van der Waals surface area contributed by atoms with Crippen molar-refractivity contribution in [2.45, 2.75) is 38.1 Å². The predicted molar refractivity (Wildman–Crippen MR) is 79.4 cm³/mol. The molecular formula is C15H31N3O. The van der Waals surface area contributed by atoms with Gasteiger partial charge in [0.2, 0.25) is 0 Å². The van der Waals surface area contributed by atoms with Gasteiger partial charge in [-0.25, -0.2) is 0 Å². The Kier molecular flexibility index (Phi) is 6.57. The van der Waals surface area contributed by atoms with E-state index in [1.54, 1.807) is 0 Å². The molecule has 1 saturated carbocycles. The van der Waals surface area contributed by atoms with Crippen LogP contribution in [0.3, 0.4) is 0 Å². The van der Waals surface area contributed by atoms with Gasteiger partial charge in [0.05, 0.1) is 6.61 Å². The molecular weight excluding hydrogens is 238 g/mol. The summed E-state index contributed by atoms with van der Waals surface area (Å²) < 4.78 is 0. The lowest BCUT2D eigenvalue weighted by Crippen LogP contribution is -2.50. The van der Waals surface area contributed by atoms with Gasteiger partial charge in [0.15, 0.2) is 0 Å². The molecule has 0 aromatic carbocycles. The van der Waals surface area contributed by atoms with Crippen molar-refractivity contribution in [1.29, 1.82) is 0 Å². The van der Waals surface area contributed by atoms with Crippen LogP contribution in [-0.4, -0.2) is 73.9 Å². The Labute approximate surface area is 118 Å². The topological polar surface area (TPSA) is 38.7 Å². The molecule has 0 spiro atoms. The molecule has 1 saturated heterocycles. The number of nitrogens with zero attached hydrogens (tertiary/aromatic N) is 2. The minimum absolute atomic E-state index is 0.296.